The van der Waals surface area contributed by atoms with E-state index in [2.05, 4.69) is 154 Å². The number of rotatable bonds is 68. The molecule has 0 amide bonds. The topological polar surface area (TPSA) is 231 Å². The van der Waals surface area contributed by atoms with Gasteiger partial charge in [0, 0.05) is 19.3 Å². The van der Waals surface area contributed by atoms with Gasteiger partial charge >= 0.3 is 33.6 Å². The summed E-state index contributed by atoms with van der Waals surface area (Å²) in [5, 5.41) is 20.6. The normalized spacial score (nSPS) is 14.9. The summed E-state index contributed by atoms with van der Waals surface area (Å²) in [6.07, 6.45) is 82.2. The average Bonchev–Trinajstić information content (AvgIpc) is 3.72. The van der Waals surface area contributed by atoms with Gasteiger partial charge in [-0.15, -0.1) is 0 Å². The molecule has 95 heavy (non-hydrogen) atoms. The van der Waals surface area contributed by atoms with Crippen LogP contribution in [0, 0.1) is 0 Å². The third-order valence-electron chi connectivity index (χ3n) is 14.8. The first-order valence-electron chi connectivity index (χ1n) is 36.5. The fourth-order valence-corrected chi connectivity index (χ4v) is 10.8. The predicted octanol–water partition coefficient (Wildman–Crippen LogP) is 20.8. The van der Waals surface area contributed by atoms with Crippen LogP contribution in [0.5, 0.6) is 0 Å². The van der Waals surface area contributed by atoms with Crippen LogP contribution in [0.2, 0.25) is 0 Å². The molecule has 0 saturated carbocycles. The van der Waals surface area contributed by atoms with Gasteiger partial charge < -0.3 is 34.2 Å². The quantitative estimate of drug-likeness (QED) is 0.0146. The average molecular weight is 1370 g/mol. The van der Waals surface area contributed by atoms with Crippen molar-refractivity contribution in [1.82, 2.24) is 0 Å². The summed E-state index contributed by atoms with van der Waals surface area (Å²) >= 11 is 0. The van der Waals surface area contributed by atoms with Gasteiger partial charge in [-0.05, 0) is 135 Å². The van der Waals surface area contributed by atoms with Crippen molar-refractivity contribution in [3.05, 3.63) is 134 Å². The molecule has 0 bridgehead atoms. The molecule has 0 aliphatic heterocycles. The van der Waals surface area contributed by atoms with Crippen molar-refractivity contribution in [2.45, 2.75) is 296 Å². The Bertz CT molecular complexity index is 2260. The standard InChI is InChI=1S/C77H130O16P2/c1-4-7-10-13-16-19-22-24-26-28-30-32-34-35-37-39-40-42-44-46-49-51-54-57-60-63-75(80)87-66-72(78)67-89-94(83,84)90-68-73(79)69-91-95(85,86)92-71-74(93-77(82)65-62-59-56-53-48-21-18-15-12-9-6-3)70-88-76(81)64-61-58-55-52-50-47-45-43-41-38-36-33-31-29-27-25-23-20-17-14-11-8-5-2/h8,11,15-20,24-27,30-33,35,37-38,41,45,47,72-74,78-79H,4-7,9-10,12-14,21-23,28-29,34,36,39-40,42-44,46,48-71H2,1-3H3,(H,83,84)(H,85,86)/b11-8-,18-15-,19-16-,20-17-,26-24-,27-25-,32-30-,33-31-,37-35-,41-38-,47-45-. The Morgan fingerprint density at radius 3 is 0.926 bits per heavy atom. The molecule has 0 aliphatic rings. The Hall–Kier alpha value is -4.31. The molecule has 4 N–H and O–H groups in total. The maximum Gasteiger partial charge on any atom is 0.472 e. The molecule has 0 radical (unpaired) electrons. The molecule has 0 aromatic rings. The Morgan fingerprint density at radius 2 is 0.568 bits per heavy atom. The number of allylic oxidation sites excluding steroid dienone is 22. The van der Waals surface area contributed by atoms with E-state index in [-0.39, 0.29) is 19.3 Å². The van der Waals surface area contributed by atoms with Gasteiger partial charge in [-0.1, -0.05) is 257 Å². The summed E-state index contributed by atoms with van der Waals surface area (Å²) in [7, 11) is -9.79. The fraction of sp³-hybridized carbons (Fsp3) is 0.675. The van der Waals surface area contributed by atoms with Crippen molar-refractivity contribution in [2.24, 2.45) is 0 Å². The van der Waals surface area contributed by atoms with E-state index in [4.69, 9.17) is 32.3 Å². The molecule has 0 saturated heterocycles. The Kier molecular flexibility index (Phi) is 66.4. The van der Waals surface area contributed by atoms with E-state index in [0.717, 1.165) is 154 Å². The van der Waals surface area contributed by atoms with E-state index >= 15 is 0 Å². The molecule has 0 spiro atoms. The minimum Gasteiger partial charge on any atom is -0.463 e. The van der Waals surface area contributed by atoms with Crippen molar-refractivity contribution in [3.8, 4) is 0 Å². The van der Waals surface area contributed by atoms with Crippen LogP contribution in [0.25, 0.3) is 0 Å². The van der Waals surface area contributed by atoms with Crippen molar-refractivity contribution < 1.29 is 75.8 Å². The van der Waals surface area contributed by atoms with Gasteiger partial charge in [-0.2, -0.15) is 0 Å². The molecular formula is C77H130O16P2. The maximum absolute atomic E-state index is 12.9. The van der Waals surface area contributed by atoms with Crippen LogP contribution in [0.15, 0.2) is 134 Å². The zero-order valence-electron chi connectivity index (χ0n) is 59.0. The summed E-state index contributed by atoms with van der Waals surface area (Å²) < 4.78 is 60.9. The lowest BCUT2D eigenvalue weighted by Gasteiger charge is -2.21. The maximum atomic E-state index is 12.9. The Labute approximate surface area is 575 Å². The first-order chi connectivity index (χ1) is 46.2. The number of ether oxygens (including phenoxy) is 3. The van der Waals surface area contributed by atoms with E-state index in [1.54, 1.807) is 0 Å². The second-order valence-electron chi connectivity index (χ2n) is 24.0. The van der Waals surface area contributed by atoms with E-state index in [1.165, 1.54) is 64.2 Å². The van der Waals surface area contributed by atoms with Crippen LogP contribution in [0.1, 0.15) is 278 Å². The monoisotopic (exact) mass is 1370 g/mol. The van der Waals surface area contributed by atoms with Gasteiger partial charge in [0.15, 0.2) is 6.10 Å². The van der Waals surface area contributed by atoms with Crippen molar-refractivity contribution in [2.75, 3.05) is 39.6 Å². The lowest BCUT2D eigenvalue weighted by Crippen LogP contribution is -2.30. The molecule has 0 heterocycles. The third kappa shape index (κ3) is 70.8. The molecule has 0 rings (SSSR count). The summed E-state index contributed by atoms with van der Waals surface area (Å²) in [4.78, 5) is 58.4. The van der Waals surface area contributed by atoms with E-state index in [0.29, 0.717) is 19.3 Å². The molecule has 0 aromatic heterocycles. The number of aliphatic hydroxyl groups excluding tert-OH is 2. The molecule has 16 nitrogen and oxygen atoms in total. The van der Waals surface area contributed by atoms with Gasteiger partial charge in [0.1, 0.15) is 25.4 Å². The first-order valence-corrected chi connectivity index (χ1v) is 39.5. The SMILES string of the molecule is CC/C=C\C/C=C\C/C=C\C/C=C\C/C=C\C/C=C\CCCCCCC(=O)OCC(COP(=O)(O)OCC(O)COP(=O)(O)OCC(O)COC(=O)CCCCCCCCCCC/C=C\C/C=C\C/C=C\C/C=C\CCCCC)OC(=O)CCCCCCC/C=C\CCCC. The number of hydrogen-bond acceptors (Lipinski definition) is 14. The largest absolute Gasteiger partial charge is 0.472 e. The zero-order chi connectivity index (χ0) is 69.5. The molecule has 18 heteroatoms. The van der Waals surface area contributed by atoms with Crippen LogP contribution in [-0.2, 0) is 55.8 Å². The van der Waals surface area contributed by atoms with Gasteiger partial charge in [-0.25, -0.2) is 9.13 Å². The number of phosphoric ester groups is 2. The molecule has 0 fully saturated rings. The smallest absolute Gasteiger partial charge is 0.463 e. The second-order valence-corrected chi connectivity index (χ2v) is 26.9. The lowest BCUT2D eigenvalue weighted by molar-refractivity contribution is -0.161. The van der Waals surface area contributed by atoms with Crippen LogP contribution in [0.4, 0.5) is 0 Å². The molecule has 5 unspecified atom stereocenters. The van der Waals surface area contributed by atoms with Gasteiger partial charge in [-0.3, -0.25) is 32.5 Å². The Morgan fingerprint density at radius 1 is 0.305 bits per heavy atom. The molecular weight excluding hydrogens is 1240 g/mol. The predicted molar refractivity (Wildman–Crippen MR) is 390 cm³/mol. The van der Waals surface area contributed by atoms with Crippen molar-refractivity contribution >= 4 is 33.6 Å². The van der Waals surface area contributed by atoms with Crippen molar-refractivity contribution in [1.29, 1.82) is 0 Å². The number of esters is 3. The fourth-order valence-electron chi connectivity index (χ4n) is 9.24. The second kappa shape index (κ2) is 69.6. The third-order valence-corrected chi connectivity index (χ3v) is 16.7. The van der Waals surface area contributed by atoms with Crippen LogP contribution in [-0.4, -0.2) is 95.9 Å². The number of unbranched alkanes of at least 4 members (excludes halogenated alkanes) is 23. The van der Waals surface area contributed by atoms with E-state index in [9.17, 15) is 43.5 Å². The minimum absolute atomic E-state index is 0.0841. The lowest BCUT2D eigenvalue weighted by atomic mass is 10.1. The number of phosphoric acid groups is 2. The van der Waals surface area contributed by atoms with E-state index in [1.807, 2.05) is 0 Å². The number of hydrogen-bond donors (Lipinski definition) is 4. The zero-order valence-corrected chi connectivity index (χ0v) is 60.8. The highest BCUT2D eigenvalue weighted by atomic mass is 31.2. The number of carbonyl (C=O) groups is 3. The van der Waals surface area contributed by atoms with Crippen LogP contribution < -0.4 is 0 Å². The summed E-state index contributed by atoms with van der Waals surface area (Å²) in [6, 6.07) is 0. The Balaban J connectivity index is 4.57. The highest BCUT2D eigenvalue weighted by Crippen LogP contribution is 2.45. The van der Waals surface area contributed by atoms with Gasteiger partial charge in [0.2, 0.25) is 0 Å². The van der Waals surface area contributed by atoms with E-state index < -0.39 is 91.5 Å². The molecule has 5 atom stereocenters. The number of carbonyl (C=O) groups excluding carboxylic acids is 3. The summed E-state index contributed by atoms with van der Waals surface area (Å²) in [5.74, 6) is -1.63. The molecule has 0 aliphatic carbocycles. The molecule has 0 aromatic carbocycles. The highest BCUT2D eigenvalue weighted by Gasteiger charge is 2.29. The molecule has 544 valence electrons. The van der Waals surface area contributed by atoms with Crippen LogP contribution >= 0.6 is 15.6 Å². The van der Waals surface area contributed by atoms with Crippen LogP contribution in [0.3, 0.4) is 0 Å². The van der Waals surface area contributed by atoms with Gasteiger partial charge in [0.25, 0.3) is 0 Å². The number of aliphatic hydroxyl groups is 2. The van der Waals surface area contributed by atoms with Gasteiger partial charge in [0.05, 0.1) is 26.4 Å². The summed E-state index contributed by atoms with van der Waals surface area (Å²) in [5.41, 5.74) is 0. The summed E-state index contributed by atoms with van der Waals surface area (Å²) in [6.45, 7) is 2.43. The van der Waals surface area contributed by atoms with Crippen molar-refractivity contribution in [3.63, 3.8) is 0 Å². The highest BCUT2D eigenvalue weighted by molar-refractivity contribution is 7.47. The first kappa shape index (κ1) is 90.7. The minimum atomic E-state index is -4.94.